The summed E-state index contributed by atoms with van der Waals surface area (Å²) in [6.07, 6.45) is 2.37. The van der Waals surface area contributed by atoms with Crippen molar-refractivity contribution in [1.82, 2.24) is 5.16 Å². The molecule has 5 heteroatoms. The fraction of sp³-hybridized carbons (Fsp3) is 0.333. The Morgan fingerprint density at radius 3 is 2.14 bits per heavy atom. The molecule has 0 amide bonds. The van der Waals surface area contributed by atoms with Gasteiger partial charge in [-0.2, -0.15) is 0 Å². The molecule has 4 rings (SSSR count). The Hall–Kier alpha value is -2.92. The summed E-state index contributed by atoms with van der Waals surface area (Å²) in [7, 11) is 0. The van der Waals surface area contributed by atoms with Gasteiger partial charge in [-0.3, -0.25) is 4.79 Å². The molecular weight excluding hydrogens is 366 g/mol. The van der Waals surface area contributed by atoms with Gasteiger partial charge in [0.25, 0.3) is 0 Å². The van der Waals surface area contributed by atoms with Crippen molar-refractivity contribution in [2.45, 2.75) is 51.0 Å². The second-order valence-corrected chi connectivity index (χ2v) is 7.86. The zero-order chi connectivity index (χ0) is 20.6. The highest BCUT2D eigenvalue weighted by Crippen LogP contribution is 2.48. The Labute approximate surface area is 170 Å². The first-order valence-electron chi connectivity index (χ1n) is 10.1. The van der Waals surface area contributed by atoms with E-state index in [1.807, 2.05) is 62.4 Å². The predicted octanol–water partition coefficient (Wildman–Crippen LogP) is 5.27. The van der Waals surface area contributed by atoms with E-state index in [2.05, 4.69) is 5.16 Å². The van der Waals surface area contributed by atoms with Crippen molar-refractivity contribution in [3.05, 3.63) is 65.4 Å². The van der Waals surface area contributed by atoms with Crippen molar-refractivity contribution in [3.8, 4) is 22.5 Å². The second kappa shape index (κ2) is 7.48. The lowest BCUT2D eigenvalue weighted by atomic mass is 9.93. The summed E-state index contributed by atoms with van der Waals surface area (Å²) in [5, 5.41) is 24.0. The average Bonchev–Trinajstić information content (AvgIpc) is 3.45. The molecule has 150 valence electrons. The van der Waals surface area contributed by atoms with Crippen LogP contribution in [0.15, 0.2) is 53.1 Å². The standard InChI is InChI=1S/C24H25NO4/c1-3-4-20(26)21-15(2)25-29-22(21)18-7-5-16(6-8-18)17-9-11-19(12-10-17)24(13-14-24)23(27)28/h5-12,20,26H,3-4,13-14H2,1-2H3,(H,27,28). The first-order valence-corrected chi connectivity index (χ1v) is 10.1. The lowest BCUT2D eigenvalue weighted by Gasteiger charge is -2.12. The number of aliphatic hydroxyl groups is 1. The molecule has 0 aliphatic heterocycles. The number of carboxylic acid groups (broad SMARTS) is 1. The Bertz CT molecular complexity index is 1010. The largest absolute Gasteiger partial charge is 0.481 e. The van der Waals surface area contributed by atoms with Crippen molar-refractivity contribution in [3.63, 3.8) is 0 Å². The Balaban J connectivity index is 1.59. The lowest BCUT2D eigenvalue weighted by molar-refractivity contribution is -0.140. The van der Waals surface area contributed by atoms with Gasteiger partial charge in [-0.1, -0.05) is 67.0 Å². The minimum Gasteiger partial charge on any atom is -0.481 e. The number of aliphatic carboxylic acids is 1. The minimum absolute atomic E-state index is 0.586. The average molecular weight is 391 g/mol. The number of nitrogens with zero attached hydrogens (tertiary/aromatic N) is 1. The van der Waals surface area contributed by atoms with E-state index in [4.69, 9.17) is 4.52 Å². The van der Waals surface area contributed by atoms with E-state index in [1.165, 1.54) is 0 Å². The molecule has 5 nitrogen and oxygen atoms in total. The third-order valence-corrected chi connectivity index (χ3v) is 5.88. The molecular formula is C24H25NO4. The van der Waals surface area contributed by atoms with Crippen LogP contribution < -0.4 is 0 Å². The number of aromatic nitrogens is 1. The first kappa shape index (κ1) is 19.4. The van der Waals surface area contributed by atoms with Crippen molar-refractivity contribution in [1.29, 1.82) is 0 Å². The van der Waals surface area contributed by atoms with Crippen LogP contribution in [0.25, 0.3) is 22.5 Å². The number of benzene rings is 2. The van der Waals surface area contributed by atoms with Gasteiger partial charge >= 0.3 is 5.97 Å². The summed E-state index contributed by atoms with van der Waals surface area (Å²) in [5.74, 6) is -0.125. The molecule has 1 saturated carbocycles. The van der Waals surface area contributed by atoms with Gasteiger partial charge in [-0.25, -0.2) is 0 Å². The molecule has 2 aromatic carbocycles. The maximum absolute atomic E-state index is 11.5. The predicted molar refractivity (Wildman–Crippen MR) is 111 cm³/mol. The number of aryl methyl sites for hydroxylation is 1. The topological polar surface area (TPSA) is 83.6 Å². The van der Waals surface area contributed by atoms with Crippen LogP contribution in [0.3, 0.4) is 0 Å². The molecule has 1 aromatic heterocycles. The van der Waals surface area contributed by atoms with Crippen LogP contribution in [0.2, 0.25) is 0 Å². The lowest BCUT2D eigenvalue weighted by Crippen LogP contribution is -2.19. The van der Waals surface area contributed by atoms with E-state index in [0.717, 1.165) is 34.2 Å². The van der Waals surface area contributed by atoms with Crippen molar-refractivity contribution >= 4 is 5.97 Å². The molecule has 0 bridgehead atoms. The van der Waals surface area contributed by atoms with Crippen LogP contribution >= 0.6 is 0 Å². The minimum atomic E-state index is -0.738. The highest BCUT2D eigenvalue weighted by Gasteiger charge is 2.51. The van der Waals surface area contributed by atoms with Gasteiger partial charge in [0, 0.05) is 5.56 Å². The molecule has 1 unspecified atom stereocenters. The third kappa shape index (κ3) is 3.47. The summed E-state index contributed by atoms with van der Waals surface area (Å²) in [6, 6.07) is 15.7. The van der Waals surface area contributed by atoms with Gasteiger partial charge in [0.1, 0.15) is 0 Å². The van der Waals surface area contributed by atoms with Gasteiger partial charge in [-0.05, 0) is 42.9 Å². The number of carbonyl (C=O) groups is 1. The molecule has 1 fully saturated rings. The maximum atomic E-state index is 11.5. The highest BCUT2D eigenvalue weighted by molar-refractivity contribution is 5.85. The fourth-order valence-electron chi connectivity index (χ4n) is 3.94. The van der Waals surface area contributed by atoms with Crippen LogP contribution in [0.1, 0.15) is 55.5 Å². The molecule has 1 aliphatic carbocycles. The number of hydrogen-bond acceptors (Lipinski definition) is 4. The van der Waals surface area contributed by atoms with Crippen LogP contribution in [-0.2, 0) is 10.2 Å². The number of aliphatic hydroxyl groups excluding tert-OH is 1. The summed E-state index contributed by atoms with van der Waals surface area (Å²) in [4.78, 5) is 11.5. The monoisotopic (exact) mass is 391 g/mol. The van der Waals surface area contributed by atoms with Crippen LogP contribution in [-0.4, -0.2) is 21.3 Å². The second-order valence-electron chi connectivity index (χ2n) is 7.86. The molecule has 1 aliphatic rings. The quantitative estimate of drug-likeness (QED) is 0.573. The maximum Gasteiger partial charge on any atom is 0.314 e. The third-order valence-electron chi connectivity index (χ3n) is 5.88. The molecule has 1 atom stereocenters. The summed E-state index contributed by atoms with van der Waals surface area (Å²) < 4.78 is 5.51. The molecule has 3 aromatic rings. The highest BCUT2D eigenvalue weighted by atomic mass is 16.5. The summed E-state index contributed by atoms with van der Waals surface area (Å²) in [5.41, 5.74) is 4.60. The molecule has 0 spiro atoms. The molecule has 1 heterocycles. The molecule has 29 heavy (non-hydrogen) atoms. The van der Waals surface area contributed by atoms with E-state index >= 15 is 0 Å². The van der Waals surface area contributed by atoms with E-state index in [-0.39, 0.29) is 0 Å². The van der Waals surface area contributed by atoms with Crippen LogP contribution in [0, 0.1) is 6.92 Å². The van der Waals surface area contributed by atoms with Crippen LogP contribution in [0.5, 0.6) is 0 Å². The number of carboxylic acids is 1. The first-order chi connectivity index (χ1) is 14.0. The van der Waals surface area contributed by atoms with Crippen molar-refractivity contribution < 1.29 is 19.5 Å². The SMILES string of the molecule is CCCC(O)c1c(C)noc1-c1ccc(-c2ccc(C3(C(=O)O)CC3)cc2)cc1. The van der Waals surface area contributed by atoms with E-state index < -0.39 is 17.5 Å². The Morgan fingerprint density at radius 1 is 1.07 bits per heavy atom. The van der Waals surface area contributed by atoms with Gasteiger partial charge in [0.15, 0.2) is 5.76 Å². The molecule has 2 N–H and O–H groups in total. The molecule has 0 saturated heterocycles. The summed E-state index contributed by atoms with van der Waals surface area (Å²) >= 11 is 0. The Kier molecular flexibility index (Phi) is 5.01. The number of hydrogen-bond donors (Lipinski definition) is 2. The van der Waals surface area contributed by atoms with Crippen molar-refractivity contribution in [2.24, 2.45) is 0 Å². The van der Waals surface area contributed by atoms with Gasteiger partial charge < -0.3 is 14.7 Å². The zero-order valence-electron chi connectivity index (χ0n) is 16.7. The van der Waals surface area contributed by atoms with Gasteiger partial charge in [0.2, 0.25) is 0 Å². The van der Waals surface area contributed by atoms with Crippen LogP contribution in [0.4, 0.5) is 0 Å². The smallest absolute Gasteiger partial charge is 0.314 e. The van der Waals surface area contributed by atoms with Gasteiger partial charge in [0.05, 0.1) is 22.8 Å². The van der Waals surface area contributed by atoms with Crippen molar-refractivity contribution in [2.75, 3.05) is 0 Å². The van der Waals surface area contributed by atoms with E-state index in [1.54, 1.807) is 0 Å². The van der Waals surface area contributed by atoms with Gasteiger partial charge in [-0.15, -0.1) is 0 Å². The number of rotatable bonds is 7. The normalized spacial score (nSPS) is 15.8. The molecule has 0 radical (unpaired) electrons. The Morgan fingerprint density at radius 2 is 1.62 bits per heavy atom. The zero-order valence-corrected chi connectivity index (χ0v) is 16.7. The fourth-order valence-corrected chi connectivity index (χ4v) is 3.94. The summed E-state index contributed by atoms with van der Waals surface area (Å²) in [6.45, 7) is 3.88. The van der Waals surface area contributed by atoms with E-state index in [9.17, 15) is 15.0 Å². The van der Waals surface area contributed by atoms with E-state index in [0.29, 0.717) is 30.7 Å².